The van der Waals surface area contributed by atoms with E-state index in [0.29, 0.717) is 131 Å². The summed E-state index contributed by atoms with van der Waals surface area (Å²) >= 11 is 3.79. The van der Waals surface area contributed by atoms with Crippen molar-refractivity contribution in [3.8, 4) is 34.1 Å². The van der Waals surface area contributed by atoms with Crippen LogP contribution in [0.3, 0.4) is 0 Å². The first-order valence-corrected chi connectivity index (χ1v) is 28.9. The van der Waals surface area contributed by atoms with Gasteiger partial charge >= 0.3 is 17.9 Å². The number of aliphatic carboxylic acids is 3. The Bertz CT molecular complexity index is 2520. The van der Waals surface area contributed by atoms with E-state index in [2.05, 4.69) is 63.0 Å². The zero-order valence-corrected chi connectivity index (χ0v) is 47.6. The Labute approximate surface area is 477 Å². The molecule has 5 heterocycles. The molecule has 0 aromatic heterocycles. The second-order valence-corrected chi connectivity index (χ2v) is 21.9. The molecule has 3 aromatic rings. The fraction of sp³-hybridized carbons (Fsp3) is 0.614. The van der Waals surface area contributed by atoms with Crippen LogP contribution in [0.5, 0.6) is 23.0 Å². The topological polar surface area (TPSA) is 240 Å². The third kappa shape index (κ3) is 18.7. The molecule has 22 nitrogen and oxygen atoms in total. The molecule has 3 unspecified atom stereocenters. The van der Waals surface area contributed by atoms with E-state index in [9.17, 15) is 39.6 Å². The number of likely N-dealkylation sites (tertiary alicyclic amines) is 1. The Morgan fingerprint density at radius 3 is 1.96 bits per heavy atom. The molecule has 8 rings (SSSR count). The lowest BCUT2D eigenvalue weighted by atomic mass is 9.96. The van der Waals surface area contributed by atoms with Gasteiger partial charge in [0, 0.05) is 116 Å². The van der Waals surface area contributed by atoms with Crippen LogP contribution in [-0.4, -0.2) is 261 Å². The van der Waals surface area contributed by atoms with Gasteiger partial charge in [-0.25, -0.2) is 0 Å². The average Bonchev–Trinajstić information content (AvgIpc) is 3.89. The van der Waals surface area contributed by atoms with Gasteiger partial charge in [-0.2, -0.15) is 0 Å². The molecule has 80 heavy (non-hydrogen) atoms. The molecule has 0 aliphatic carbocycles. The number of carbonyl (C=O) groups is 4. The van der Waals surface area contributed by atoms with Gasteiger partial charge in [0.05, 0.1) is 44.0 Å². The highest BCUT2D eigenvalue weighted by Crippen LogP contribution is 2.38. The molecular weight excluding hydrogens is 1100 g/mol. The van der Waals surface area contributed by atoms with Crippen LogP contribution in [0.2, 0.25) is 0 Å². The van der Waals surface area contributed by atoms with Crippen LogP contribution in [0.25, 0.3) is 11.1 Å². The van der Waals surface area contributed by atoms with Crippen molar-refractivity contribution in [1.29, 1.82) is 0 Å². The van der Waals surface area contributed by atoms with E-state index in [1.165, 1.54) is 12.8 Å². The van der Waals surface area contributed by atoms with Crippen LogP contribution in [0.4, 0.5) is 0 Å². The normalized spacial score (nSPS) is 20.7. The molecule has 440 valence electrons. The van der Waals surface area contributed by atoms with E-state index in [1.54, 1.807) is 19.6 Å². The minimum Gasteiger partial charge on any atom is -0.491 e. The fourth-order valence-corrected chi connectivity index (χ4v) is 11.2. The van der Waals surface area contributed by atoms with E-state index >= 15 is 0 Å². The van der Waals surface area contributed by atoms with Crippen LogP contribution in [0.15, 0.2) is 53.0 Å². The van der Waals surface area contributed by atoms with Crippen LogP contribution < -0.4 is 18.9 Å². The molecule has 23 heteroatoms. The van der Waals surface area contributed by atoms with Crippen molar-refractivity contribution in [2.75, 3.05) is 164 Å². The Morgan fingerprint density at radius 1 is 0.662 bits per heavy atom. The van der Waals surface area contributed by atoms with Gasteiger partial charge in [-0.3, -0.25) is 48.6 Å². The van der Waals surface area contributed by atoms with Gasteiger partial charge in [-0.1, -0.05) is 24.3 Å². The molecule has 4 fully saturated rings. The minimum atomic E-state index is -1.07. The number of rotatable bonds is 27. The van der Waals surface area contributed by atoms with E-state index in [-0.39, 0.29) is 57.6 Å². The molecule has 3 atom stereocenters. The zero-order chi connectivity index (χ0) is 56.4. The molecule has 4 N–H and O–H groups in total. The van der Waals surface area contributed by atoms with Crippen LogP contribution in [0.1, 0.15) is 42.4 Å². The Hall–Kier alpha value is -5.18. The predicted molar refractivity (Wildman–Crippen MR) is 298 cm³/mol. The van der Waals surface area contributed by atoms with Gasteiger partial charge in [-0.15, -0.1) is 0 Å². The molecule has 5 aliphatic rings. The number of aliphatic hydroxyl groups excluding tert-OH is 1. The quantitative estimate of drug-likeness (QED) is 0.0633. The summed E-state index contributed by atoms with van der Waals surface area (Å²) in [5.41, 5.74) is 5.45. The van der Waals surface area contributed by atoms with Gasteiger partial charge in [-0.05, 0) is 95.7 Å². The maximum absolute atomic E-state index is 13.5. The molecule has 4 saturated heterocycles. The summed E-state index contributed by atoms with van der Waals surface area (Å²) in [6.45, 7) is 14.0. The number of fused-ring (bicyclic) bond motifs is 1. The van der Waals surface area contributed by atoms with E-state index in [0.717, 1.165) is 69.2 Å². The first-order valence-electron chi connectivity index (χ1n) is 28.1. The van der Waals surface area contributed by atoms with Crippen LogP contribution >= 0.6 is 15.9 Å². The number of piperazine rings is 1. The summed E-state index contributed by atoms with van der Waals surface area (Å²) in [5, 5.41) is 39.5. The minimum absolute atomic E-state index is 0.0371. The molecular formula is C57H80BrN7O15. The van der Waals surface area contributed by atoms with E-state index in [1.807, 2.05) is 23.1 Å². The second kappa shape index (κ2) is 30.8. The number of nitrogens with zero attached hydrogens (tertiary/aromatic N) is 7. The summed E-state index contributed by atoms with van der Waals surface area (Å²) in [6.07, 6.45) is 1.22. The van der Waals surface area contributed by atoms with Gasteiger partial charge in [0.1, 0.15) is 50.1 Å². The first-order chi connectivity index (χ1) is 38.8. The summed E-state index contributed by atoms with van der Waals surface area (Å²) in [7, 11) is 0. The lowest BCUT2D eigenvalue weighted by Gasteiger charge is -2.36. The Balaban J connectivity index is 0.743. The first kappa shape index (κ1) is 60.9. The van der Waals surface area contributed by atoms with Gasteiger partial charge in [0.2, 0.25) is 5.91 Å². The molecule has 1 amide bonds. The summed E-state index contributed by atoms with van der Waals surface area (Å²) < 4.78 is 42.4. The highest BCUT2D eigenvalue weighted by atomic mass is 79.9. The van der Waals surface area contributed by atoms with Crippen LogP contribution in [-0.2, 0) is 46.5 Å². The molecule has 5 aliphatic heterocycles. The third-order valence-corrected chi connectivity index (χ3v) is 16.1. The number of carbonyl (C=O) groups excluding carboxylic acids is 1. The lowest BCUT2D eigenvalue weighted by Crippen LogP contribution is -2.52. The molecule has 0 bridgehead atoms. The number of hydrogen-bond acceptors (Lipinski definition) is 18. The smallest absolute Gasteiger partial charge is 0.320 e. The Morgan fingerprint density at radius 2 is 1.29 bits per heavy atom. The summed E-state index contributed by atoms with van der Waals surface area (Å²) in [4.78, 5) is 63.5. The van der Waals surface area contributed by atoms with Crippen molar-refractivity contribution in [3.63, 3.8) is 0 Å². The number of hydrogen-bond donors (Lipinski definition) is 4. The summed E-state index contributed by atoms with van der Waals surface area (Å²) in [5.74, 6) is -0.243. The van der Waals surface area contributed by atoms with Crippen molar-refractivity contribution < 1.29 is 72.8 Å². The highest BCUT2D eigenvalue weighted by molar-refractivity contribution is 9.10. The highest BCUT2D eigenvalue weighted by Gasteiger charge is 2.39. The second-order valence-electron chi connectivity index (χ2n) is 21.0. The third-order valence-electron chi connectivity index (χ3n) is 15.5. The van der Waals surface area contributed by atoms with Gasteiger partial charge in [0.15, 0.2) is 17.8 Å². The molecule has 0 radical (unpaired) electrons. The number of carboxylic acid groups (broad SMARTS) is 3. The van der Waals surface area contributed by atoms with Gasteiger partial charge < -0.3 is 58.5 Å². The summed E-state index contributed by atoms with van der Waals surface area (Å²) in [6, 6.07) is 15.4. The maximum atomic E-state index is 13.5. The van der Waals surface area contributed by atoms with Crippen molar-refractivity contribution in [3.05, 3.63) is 69.7 Å². The number of benzene rings is 3. The Kier molecular flexibility index (Phi) is 23.4. The van der Waals surface area contributed by atoms with Crippen molar-refractivity contribution in [1.82, 2.24) is 34.3 Å². The zero-order valence-electron chi connectivity index (χ0n) is 46.1. The molecule has 3 aromatic carbocycles. The van der Waals surface area contributed by atoms with Crippen molar-refractivity contribution in [2.24, 2.45) is 0 Å². The number of epoxide rings is 1. The fourth-order valence-electron chi connectivity index (χ4n) is 10.7. The largest absolute Gasteiger partial charge is 0.491 e. The molecule has 0 saturated carbocycles. The number of halogens is 1. The SMILES string of the molecule is Cc1c(COc2cc(OCCOCCOCCN3CCN(C(=O)CCC(C(=O)O)N4CCN(CC(=O)O)CCN(CC(=O)O)CCN(CC5OC5O)CC4)CC3)c(CN3CCCC3)cc2Br)cccc1-c1ccc2c(c1)OCCO2. The van der Waals surface area contributed by atoms with Crippen LogP contribution in [0, 0.1) is 6.92 Å². The monoisotopic (exact) mass is 1180 g/mol. The average molecular weight is 1180 g/mol. The maximum Gasteiger partial charge on any atom is 0.320 e. The number of amides is 1. The number of carboxylic acids is 3. The number of ether oxygens (including phenoxy) is 7. The molecule has 0 spiro atoms. The van der Waals surface area contributed by atoms with Crippen molar-refractivity contribution in [2.45, 2.75) is 64.2 Å². The predicted octanol–water partition coefficient (Wildman–Crippen LogP) is 3.27. The lowest BCUT2D eigenvalue weighted by molar-refractivity contribution is -0.145. The standard InChI is InChI=1S/C57H80BrN7O15/c1-41-43(5-4-6-45(41)42-7-9-48-51(34-42)78-32-31-76-48)40-79-50-35-49(44(33-46(50)58)36-60-11-2-3-12-60)77-30-29-75-28-27-74-26-25-59-17-23-65(24-18-59)53(66)10-8-47(56(71)72)64-21-19-61(37-52-57(73)80-52)13-14-62(38-54(67)68)15-16-63(20-22-64)39-55(69)70/h4-7,9,33-35,47,52,57,73H,2-3,8,10-32,36-40H2,1H3,(H,67,68)(H,69,70)(H,71,72). The van der Waals surface area contributed by atoms with Crippen molar-refractivity contribution >= 4 is 39.7 Å². The van der Waals surface area contributed by atoms with Gasteiger partial charge in [0.25, 0.3) is 0 Å². The van der Waals surface area contributed by atoms with E-state index < -0.39 is 30.2 Å². The van der Waals surface area contributed by atoms with E-state index in [4.69, 9.17) is 33.2 Å². The number of aliphatic hydroxyl groups is 1.